The van der Waals surface area contributed by atoms with Gasteiger partial charge >= 0.3 is 18.2 Å². The highest BCUT2D eigenvalue weighted by molar-refractivity contribution is 5.90. The van der Waals surface area contributed by atoms with Crippen LogP contribution in [0.2, 0.25) is 0 Å². The predicted molar refractivity (Wildman–Crippen MR) is 121 cm³/mol. The van der Waals surface area contributed by atoms with Crippen molar-refractivity contribution in [1.82, 2.24) is 15.1 Å². The summed E-state index contributed by atoms with van der Waals surface area (Å²) in [6.07, 6.45) is -1.43. The molecule has 33 heavy (non-hydrogen) atoms. The predicted octanol–water partition coefficient (Wildman–Crippen LogP) is 3.83. The van der Waals surface area contributed by atoms with Crippen molar-refractivity contribution < 1.29 is 28.6 Å². The third-order valence-electron chi connectivity index (χ3n) is 4.62. The van der Waals surface area contributed by atoms with E-state index < -0.39 is 29.8 Å². The van der Waals surface area contributed by atoms with Crippen molar-refractivity contribution in [3.8, 4) is 0 Å². The molecule has 0 radical (unpaired) electrons. The molecule has 0 bridgehead atoms. The molecule has 1 aromatic heterocycles. The second-order valence-electron chi connectivity index (χ2n) is 8.34. The highest BCUT2D eigenvalue weighted by Crippen LogP contribution is 2.21. The first kappa shape index (κ1) is 23.8. The van der Waals surface area contributed by atoms with Crippen LogP contribution in [0.15, 0.2) is 54.6 Å². The Balaban J connectivity index is 1.80. The minimum absolute atomic E-state index is 0.0105. The van der Waals surface area contributed by atoms with Crippen LogP contribution in [0.4, 0.5) is 9.59 Å². The largest absolute Gasteiger partial charge is 0.467 e. The molecule has 1 N–H and O–H groups in total. The summed E-state index contributed by atoms with van der Waals surface area (Å²) in [4.78, 5) is 37.4. The van der Waals surface area contributed by atoms with E-state index in [1.54, 1.807) is 45.0 Å². The van der Waals surface area contributed by atoms with Gasteiger partial charge in [-0.3, -0.25) is 0 Å². The molecule has 0 aliphatic carbocycles. The molecular formula is C24H27N3O6. The van der Waals surface area contributed by atoms with Crippen molar-refractivity contribution in [1.29, 1.82) is 0 Å². The summed E-state index contributed by atoms with van der Waals surface area (Å²) in [5, 5.41) is 7.55. The third kappa shape index (κ3) is 6.31. The van der Waals surface area contributed by atoms with Gasteiger partial charge in [-0.15, -0.1) is 0 Å². The van der Waals surface area contributed by atoms with Crippen LogP contribution in [0.1, 0.15) is 32.0 Å². The van der Waals surface area contributed by atoms with Crippen LogP contribution in [-0.4, -0.2) is 46.7 Å². The number of alkyl carbamates (subject to hydrolysis) is 1. The number of benzene rings is 2. The van der Waals surface area contributed by atoms with Gasteiger partial charge in [0.05, 0.1) is 18.3 Å². The topological polar surface area (TPSA) is 109 Å². The average Bonchev–Trinajstić information content (AvgIpc) is 3.15. The molecule has 1 unspecified atom stereocenters. The van der Waals surface area contributed by atoms with Gasteiger partial charge in [0.2, 0.25) is 0 Å². The van der Waals surface area contributed by atoms with Gasteiger partial charge in [-0.25, -0.2) is 14.4 Å². The zero-order chi connectivity index (χ0) is 24.0. The van der Waals surface area contributed by atoms with E-state index in [0.29, 0.717) is 16.6 Å². The van der Waals surface area contributed by atoms with Crippen LogP contribution in [0.25, 0.3) is 10.9 Å². The van der Waals surface area contributed by atoms with E-state index in [2.05, 4.69) is 10.4 Å². The van der Waals surface area contributed by atoms with Gasteiger partial charge in [0.15, 0.2) is 0 Å². The van der Waals surface area contributed by atoms with Gasteiger partial charge < -0.3 is 19.5 Å². The first-order valence-electron chi connectivity index (χ1n) is 10.4. The molecule has 2 aromatic carbocycles. The van der Waals surface area contributed by atoms with Crippen LogP contribution in [-0.2, 0) is 32.0 Å². The van der Waals surface area contributed by atoms with Crippen LogP contribution in [0.3, 0.4) is 0 Å². The Labute approximate surface area is 191 Å². The second-order valence-corrected chi connectivity index (χ2v) is 8.34. The number of para-hydroxylation sites is 1. The summed E-state index contributed by atoms with van der Waals surface area (Å²) >= 11 is 0. The highest BCUT2D eigenvalue weighted by Gasteiger charge is 2.27. The van der Waals surface area contributed by atoms with Crippen molar-refractivity contribution >= 4 is 29.1 Å². The zero-order valence-electron chi connectivity index (χ0n) is 19.0. The first-order chi connectivity index (χ1) is 15.7. The number of hydrogen-bond donors (Lipinski definition) is 1. The van der Waals surface area contributed by atoms with E-state index in [4.69, 9.17) is 14.2 Å². The molecule has 1 amide bonds. The van der Waals surface area contributed by atoms with Crippen LogP contribution in [0, 0.1) is 0 Å². The van der Waals surface area contributed by atoms with Crippen LogP contribution < -0.4 is 5.32 Å². The summed E-state index contributed by atoms with van der Waals surface area (Å²) < 4.78 is 16.7. The molecule has 9 nitrogen and oxygen atoms in total. The Bertz CT molecular complexity index is 1130. The fraction of sp³-hybridized carbons (Fsp3) is 0.333. The summed E-state index contributed by atoms with van der Waals surface area (Å²) in [6.45, 7) is 5.33. The fourth-order valence-corrected chi connectivity index (χ4v) is 3.16. The number of ether oxygens (including phenoxy) is 3. The number of fused-ring (bicyclic) bond motifs is 1. The molecule has 3 rings (SSSR count). The SMILES string of the molecule is COC(=O)C(Cc1nn(C(=O)OC(C)(C)C)c2ccccc12)NC(=O)OCc1ccccc1. The zero-order valence-corrected chi connectivity index (χ0v) is 19.0. The van der Waals surface area contributed by atoms with Crippen LogP contribution >= 0.6 is 0 Å². The molecule has 1 atom stereocenters. The lowest BCUT2D eigenvalue weighted by Crippen LogP contribution is -2.43. The number of aromatic nitrogens is 2. The number of methoxy groups -OCH3 is 1. The molecular weight excluding hydrogens is 426 g/mol. The van der Waals surface area contributed by atoms with E-state index in [1.807, 2.05) is 30.3 Å². The molecule has 3 aromatic rings. The number of carbonyl (C=O) groups excluding carboxylic acids is 3. The molecule has 0 aliphatic rings. The van der Waals surface area contributed by atoms with E-state index in [9.17, 15) is 14.4 Å². The average molecular weight is 453 g/mol. The number of carbonyl (C=O) groups is 3. The van der Waals surface area contributed by atoms with E-state index in [1.165, 1.54) is 7.11 Å². The van der Waals surface area contributed by atoms with Gasteiger partial charge in [0, 0.05) is 11.8 Å². The Kier molecular flexibility index (Phi) is 7.32. The summed E-state index contributed by atoms with van der Waals surface area (Å²) in [5.41, 5.74) is 1.06. The highest BCUT2D eigenvalue weighted by atomic mass is 16.6. The molecule has 1 heterocycles. The Morgan fingerprint density at radius 2 is 1.70 bits per heavy atom. The van der Waals surface area contributed by atoms with Gasteiger partial charge in [-0.1, -0.05) is 48.5 Å². The molecule has 174 valence electrons. The van der Waals surface area contributed by atoms with Crippen molar-refractivity contribution in [3.63, 3.8) is 0 Å². The minimum Gasteiger partial charge on any atom is -0.467 e. The number of amides is 1. The van der Waals surface area contributed by atoms with Gasteiger partial charge in [-0.2, -0.15) is 9.78 Å². The lowest BCUT2D eigenvalue weighted by Gasteiger charge is -2.19. The lowest BCUT2D eigenvalue weighted by molar-refractivity contribution is -0.143. The van der Waals surface area contributed by atoms with Crippen molar-refractivity contribution in [2.45, 2.75) is 45.4 Å². The van der Waals surface area contributed by atoms with Gasteiger partial charge in [0.1, 0.15) is 18.2 Å². The standard InChI is InChI=1S/C24H27N3O6/c1-24(2,3)33-23(30)27-20-13-9-8-12-17(20)18(26-27)14-19(21(28)31-4)25-22(29)32-15-16-10-6-5-7-11-16/h5-13,19H,14-15H2,1-4H3,(H,25,29). The second kappa shape index (κ2) is 10.2. The smallest absolute Gasteiger partial charge is 0.435 e. The van der Waals surface area contributed by atoms with Gasteiger partial charge in [-0.05, 0) is 32.4 Å². The van der Waals surface area contributed by atoms with E-state index in [0.717, 1.165) is 10.2 Å². The monoisotopic (exact) mass is 453 g/mol. The fourth-order valence-electron chi connectivity index (χ4n) is 3.16. The van der Waals surface area contributed by atoms with Crippen molar-refractivity contribution in [3.05, 3.63) is 65.9 Å². The Hall–Kier alpha value is -3.88. The summed E-state index contributed by atoms with van der Waals surface area (Å²) in [5.74, 6) is -0.664. The number of hydrogen-bond acceptors (Lipinski definition) is 7. The van der Waals surface area contributed by atoms with Crippen LogP contribution in [0.5, 0.6) is 0 Å². The Morgan fingerprint density at radius 1 is 1.03 bits per heavy atom. The summed E-state index contributed by atoms with van der Waals surface area (Å²) in [6, 6.07) is 15.2. The van der Waals surface area contributed by atoms with E-state index in [-0.39, 0.29) is 13.0 Å². The van der Waals surface area contributed by atoms with Crippen molar-refractivity contribution in [2.24, 2.45) is 0 Å². The number of nitrogens with one attached hydrogen (secondary N) is 1. The third-order valence-corrected chi connectivity index (χ3v) is 4.62. The first-order valence-corrected chi connectivity index (χ1v) is 10.4. The maximum atomic E-state index is 12.7. The Morgan fingerprint density at radius 3 is 2.36 bits per heavy atom. The van der Waals surface area contributed by atoms with E-state index >= 15 is 0 Å². The molecule has 0 fully saturated rings. The lowest BCUT2D eigenvalue weighted by atomic mass is 10.1. The summed E-state index contributed by atoms with van der Waals surface area (Å²) in [7, 11) is 1.23. The minimum atomic E-state index is -1.07. The molecule has 0 saturated carbocycles. The normalized spacial score (nSPS) is 12.1. The quantitative estimate of drug-likeness (QED) is 0.446. The van der Waals surface area contributed by atoms with Crippen molar-refractivity contribution in [2.75, 3.05) is 7.11 Å². The number of rotatable bonds is 6. The molecule has 0 aliphatic heterocycles. The maximum absolute atomic E-state index is 12.7. The maximum Gasteiger partial charge on any atom is 0.435 e. The van der Waals surface area contributed by atoms with Gasteiger partial charge in [0.25, 0.3) is 0 Å². The molecule has 0 saturated heterocycles. The molecule has 9 heteroatoms. The molecule has 0 spiro atoms. The number of esters is 1. The number of nitrogens with zero attached hydrogens (tertiary/aromatic N) is 2.